The first-order valence-electron chi connectivity index (χ1n) is 6.88. The molecule has 1 aliphatic rings. The van der Waals surface area contributed by atoms with Crippen LogP contribution >= 0.6 is 11.6 Å². The third kappa shape index (κ3) is 3.39. The van der Waals surface area contributed by atoms with Crippen molar-refractivity contribution in [1.82, 2.24) is 25.5 Å². The van der Waals surface area contributed by atoms with E-state index in [-0.39, 0.29) is 28.2 Å². The van der Waals surface area contributed by atoms with Gasteiger partial charge in [-0.3, -0.25) is 14.4 Å². The molecule has 0 saturated carbocycles. The van der Waals surface area contributed by atoms with Crippen molar-refractivity contribution in [3.8, 4) is 0 Å². The number of rotatable bonds is 3. The van der Waals surface area contributed by atoms with Crippen LogP contribution in [0.15, 0.2) is 28.0 Å². The fraction of sp³-hybridized carbons (Fsp3) is 0.308. The van der Waals surface area contributed by atoms with E-state index >= 15 is 0 Å². The van der Waals surface area contributed by atoms with Crippen LogP contribution in [-0.2, 0) is 0 Å². The van der Waals surface area contributed by atoms with Crippen molar-refractivity contribution in [2.75, 3.05) is 18.0 Å². The van der Waals surface area contributed by atoms with Crippen LogP contribution in [0.5, 0.6) is 0 Å². The Morgan fingerprint density at radius 1 is 1.43 bits per heavy atom. The molecule has 1 atom stereocenters. The minimum Gasteiger partial charge on any atom is -0.353 e. The van der Waals surface area contributed by atoms with Crippen molar-refractivity contribution >= 4 is 23.3 Å². The maximum atomic E-state index is 12.1. The number of carbonyl (C=O) groups excluding carboxylic acids is 1. The summed E-state index contributed by atoms with van der Waals surface area (Å²) in [5, 5.41) is 9.18. The van der Waals surface area contributed by atoms with Gasteiger partial charge in [0, 0.05) is 31.4 Å². The molecule has 1 fully saturated rings. The Morgan fingerprint density at radius 3 is 2.96 bits per heavy atom. The Kier molecular flexibility index (Phi) is 4.11. The highest BCUT2D eigenvalue weighted by atomic mass is 35.5. The highest BCUT2D eigenvalue weighted by Crippen LogP contribution is 2.18. The standard InChI is InChI=1S/C13H13ClN6O3/c14-8-3-10(18-19-12(8)22)20-2-1-7(6-20)17-13(23)9-4-16-11(21)5-15-9/h3-5,7H,1-2,6H2,(H,16,21)(H,17,23)(H,19,22)/t7-/m0/s1. The minimum atomic E-state index is -0.441. The zero-order chi connectivity index (χ0) is 16.4. The van der Waals surface area contributed by atoms with E-state index in [1.54, 1.807) is 0 Å². The molecule has 9 nitrogen and oxygen atoms in total. The summed E-state index contributed by atoms with van der Waals surface area (Å²) in [6, 6.07) is 1.40. The topological polar surface area (TPSA) is 124 Å². The number of nitrogens with one attached hydrogen (secondary N) is 3. The first kappa shape index (κ1) is 15.2. The number of halogens is 1. The molecule has 2 aromatic heterocycles. The summed E-state index contributed by atoms with van der Waals surface area (Å²) in [4.78, 5) is 42.3. The molecule has 3 N–H and O–H groups in total. The fourth-order valence-corrected chi connectivity index (χ4v) is 2.49. The van der Waals surface area contributed by atoms with Crippen LogP contribution in [0.1, 0.15) is 16.9 Å². The van der Waals surface area contributed by atoms with E-state index in [2.05, 4.69) is 25.5 Å². The van der Waals surface area contributed by atoms with Crippen LogP contribution in [0.25, 0.3) is 0 Å². The van der Waals surface area contributed by atoms with Crippen molar-refractivity contribution in [1.29, 1.82) is 0 Å². The molecule has 1 amide bonds. The Labute approximate surface area is 134 Å². The van der Waals surface area contributed by atoms with Gasteiger partial charge in [-0.25, -0.2) is 10.1 Å². The van der Waals surface area contributed by atoms with Crippen LogP contribution < -0.4 is 21.3 Å². The van der Waals surface area contributed by atoms with Crippen LogP contribution in [0, 0.1) is 0 Å². The SMILES string of the molecule is O=C(N[C@H]1CCN(c2cc(Cl)c(=O)[nH]n2)C1)c1c[nH]c(=O)cn1. The summed E-state index contributed by atoms with van der Waals surface area (Å²) >= 11 is 5.79. The molecular weight excluding hydrogens is 324 g/mol. The third-order valence-electron chi connectivity index (χ3n) is 3.50. The largest absolute Gasteiger partial charge is 0.353 e. The lowest BCUT2D eigenvalue weighted by Gasteiger charge is -2.17. The summed E-state index contributed by atoms with van der Waals surface area (Å²) in [7, 11) is 0. The van der Waals surface area contributed by atoms with E-state index in [1.165, 1.54) is 12.3 Å². The second-order valence-electron chi connectivity index (χ2n) is 5.10. The van der Waals surface area contributed by atoms with Crippen molar-refractivity contribution in [3.05, 3.63) is 49.9 Å². The number of carbonyl (C=O) groups is 1. The molecule has 0 unspecified atom stereocenters. The van der Waals surface area contributed by atoms with Gasteiger partial charge in [-0.05, 0) is 6.42 Å². The monoisotopic (exact) mass is 336 g/mol. The summed E-state index contributed by atoms with van der Waals surface area (Å²) in [6.45, 7) is 1.20. The number of aromatic amines is 2. The van der Waals surface area contributed by atoms with Gasteiger partial charge in [0.2, 0.25) is 0 Å². The van der Waals surface area contributed by atoms with Crippen LogP contribution in [0.2, 0.25) is 5.02 Å². The van der Waals surface area contributed by atoms with Gasteiger partial charge in [-0.2, -0.15) is 5.10 Å². The highest BCUT2D eigenvalue weighted by Gasteiger charge is 2.26. The smallest absolute Gasteiger partial charge is 0.283 e. The number of H-pyrrole nitrogens is 2. The van der Waals surface area contributed by atoms with Gasteiger partial charge in [-0.15, -0.1) is 0 Å². The van der Waals surface area contributed by atoms with Gasteiger partial charge in [0.25, 0.3) is 17.0 Å². The Bertz CT molecular complexity index is 828. The van der Waals surface area contributed by atoms with E-state index in [9.17, 15) is 14.4 Å². The molecule has 1 aliphatic heterocycles. The number of hydrogen-bond acceptors (Lipinski definition) is 6. The summed E-state index contributed by atoms with van der Waals surface area (Å²) in [5.74, 6) is 0.189. The van der Waals surface area contributed by atoms with Gasteiger partial charge < -0.3 is 15.2 Å². The van der Waals surface area contributed by atoms with Crippen LogP contribution in [0.4, 0.5) is 5.82 Å². The van der Waals surface area contributed by atoms with Gasteiger partial charge in [0.1, 0.15) is 10.7 Å². The quantitative estimate of drug-likeness (QED) is 0.695. The first-order chi connectivity index (χ1) is 11.0. The zero-order valence-corrected chi connectivity index (χ0v) is 12.6. The number of amides is 1. The Balaban J connectivity index is 1.64. The van der Waals surface area contributed by atoms with Gasteiger partial charge in [-0.1, -0.05) is 11.6 Å². The van der Waals surface area contributed by atoms with Gasteiger partial charge in [0.05, 0.1) is 6.20 Å². The molecule has 3 heterocycles. The summed E-state index contributed by atoms with van der Waals surface area (Å²) < 4.78 is 0. The second kappa shape index (κ2) is 6.21. The molecule has 1 saturated heterocycles. The maximum absolute atomic E-state index is 12.1. The number of hydrogen-bond donors (Lipinski definition) is 3. The molecule has 120 valence electrons. The van der Waals surface area contributed by atoms with Crippen molar-refractivity contribution < 1.29 is 4.79 Å². The van der Waals surface area contributed by atoms with E-state index < -0.39 is 5.56 Å². The number of anilines is 1. The number of nitrogens with zero attached hydrogens (tertiary/aromatic N) is 3. The predicted octanol–water partition coefficient (Wildman–Crippen LogP) is -0.485. The molecule has 2 aromatic rings. The first-order valence-corrected chi connectivity index (χ1v) is 7.26. The lowest BCUT2D eigenvalue weighted by molar-refractivity contribution is 0.0935. The average Bonchev–Trinajstić information content (AvgIpc) is 2.99. The van der Waals surface area contributed by atoms with E-state index in [1.807, 2.05) is 4.90 Å². The maximum Gasteiger partial charge on any atom is 0.283 e. The van der Waals surface area contributed by atoms with Gasteiger partial charge >= 0.3 is 0 Å². The summed E-state index contributed by atoms with van der Waals surface area (Å²) in [5.41, 5.74) is -0.661. The predicted molar refractivity (Wildman–Crippen MR) is 82.8 cm³/mol. The van der Waals surface area contributed by atoms with E-state index in [0.717, 1.165) is 6.20 Å². The molecular formula is C13H13ClN6O3. The molecule has 0 aliphatic carbocycles. The molecule has 3 rings (SSSR count). The van der Waals surface area contributed by atoms with E-state index in [4.69, 9.17) is 11.6 Å². The van der Waals surface area contributed by atoms with E-state index in [0.29, 0.717) is 25.3 Å². The lowest BCUT2D eigenvalue weighted by atomic mass is 10.2. The molecule has 10 heteroatoms. The summed E-state index contributed by atoms with van der Waals surface area (Å²) in [6.07, 6.45) is 3.04. The average molecular weight is 337 g/mol. The lowest BCUT2D eigenvalue weighted by Crippen LogP contribution is -2.38. The van der Waals surface area contributed by atoms with Crippen molar-refractivity contribution in [2.24, 2.45) is 0 Å². The minimum absolute atomic E-state index is 0.0694. The Morgan fingerprint density at radius 2 is 2.26 bits per heavy atom. The zero-order valence-electron chi connectivity index (χ0n) is 11.9. The fourth-order valence-electron chi connectivity index (χ4n) is 2.35. The Hall–Kier alpha value is -2.68. The highest BCUT2D eigenvalue weighted by molar-refractivity contribution is 6.30. The number of aromatic nitrogens is 4. The second-order valence-corrected chi connectivity index (χ2v) is 5.51. The van der Waals surface area contributed by atoms with Crippen molar-refractivity contribution in [2.45, 2.75) is 12.5 Å². The van der Waals surface area contributed by atoms with Crippen molar-refractivity contribution in [3.63, 3.8) is 0 Å². The van der Waals surface area contributed by atoms with Gasteiger partial charge in [0.15, 0.2) is 5.82 Å². The molecule has 0 radical (unpaired) electrons. The third-order valence-corrected chi connectivity index (χ3v) is 3.78. The molecule has 0 aromatic carbocycles. The van der Waals surface area contributed by atoms with Crippen LogP contribution in [-0.4, -0.2) is 45.2 Å². The normalized spacial score (nSPS) is 17.3. The molecule has 0 spiro atoms. The van der Waals surface area contributed by atoms with Crippen LogP contribution in [0.3, 0.4) is 0 Å². The molecule has 0 bridgehead atoms. The molecule has 23 heavy (non-hydrogen) atoms.